The van der Waals surface area contributed by atoms with E-state index in [-0.39, 0.29) is 0 Å². The van der Waals surface area contributed by atoms with E-state index in [0.717, 1.165) is 32.1 Å². The summed E-state index contributed by atoms with van der Waals surface area (Å²) in [5, 5.41) is 57.2. The summed E-state index contributed by atoms with van der Waals surface area (Å²) in [4.78, 5) is 0. The zero-order chi connectivity index (χ0) is 22.6. The summed E-state index contributed by atoms with van der Waals surface area (Å²) in [7, 11) is 0. The Kier molecular flexibility index (Phi) is 20.1. The lowest BCUT2D eigenvalue weighted by atomic mass is 9.96. The molecule has 5 atom stereocenters. The Hall–Kier alpha value is -0.500. The van der Waals surface area contributed by atoms with Crippen molar-refractivity contribution in [3.63, 3.8) is 0 Å². The van der Waals surface area contributed by atoms with Crippen LogP contribution in [-0.4, -0.2) is 67.8 Å². The molecule has 0 saturated heterocycles. The Labute approximate surface area is 183 Å². The minimum Gasteiger partial charge on any atom is -0.394 e. The lowest BCUT2D eigenvalue weighted by Crippen LogP contribution is -2.49. The fourth-order valence-corrected chi connectivity index (χ4v) is 3.54. The van der Waals surface area contributed by atoms with Gasteiger partial charge in [0.15, 0.2) is 0 Å². The van der Waals surface area contributed by atoms with Gasteiger partial charge in [-0.25, -0.2) is 0 Å². The number of aliphatic hydroxyl groups excluding tert-OH is 6. The molecular formula is C24H48O6. The van der Waals surface area contributed by atoms with E-state index in [1.165, 1.54) is 57.8 Å². The second kappa shape index (κ2) is 20.4. The van der Waals surface area contributed by atoms with E-state index in [1.807, 2.05) is 0 Å². The van der Waals surface area contributed by atoms with Crippen molar-refractivity contribution in [3.05, 3.63) is 12.2 Å². The summed E-state index contributed by atoms with van der Waals surface area (Å²) in [6, 6.07) is 0. The Morgan fingerprint density at radius 1 is 0.533 bits per heavy atom. The highest BCUT2D eigenvalue weighted by atomic mass is 16.4. The van der Waals surface area contributed by atoms with Crippen LogP contribution in [0, 0.1) is 0 Å². The van der Waals surface area contributed by atoms with E-state index < -0.39 is 37.1 Å². The standard InChI is InChI=1S/C24H48O6/c1-2-3-4-5-6-7-8-9-10-11-12-13-14-15-16-17-18-20(26)22(28)24(30)23(29)21(27)19-25/h9-10,20-30H,2-8,11-19H2,1H3/b10-9-/t20?,21-,22+,23-,24-/m1/s1. The van der Waals surface area contributed by atoms with Gasteiger partial charge in [0.1, 0.15) is 24.4 Å². The van der Waals surface area contributed by atoms with Gasteiger partial charge >= 0.3 is 0 Å². The van der Waals surface area contributed by atoms with Crippen LogP contribution in [0.3, 0.4) is 0 Å². The van der Waals surface area contributed by atoms with E-state index in [9.17, 15) is 25.5 Å². The second-order valence-corrected chi connectivity index (χ2v) is 8.52. The van der Waals surface area contributed by atoms with Crippen LogP contribution in [0.25, 0.3) is 0 Å². The van der Waals surface area contributed by atoms with E-state index in [0.29, 0.717) is 6.42 Å². The van der Waals surface area contributed by atoms with Crippen LogP contribution >= 0.6 is 0 Å². The summed E-state index contributed by atoms with van der Waals surface area (Å²) < 4.78 is 0. The number of allylic oxidation sites excluding steroid dienone is 2. The van der Waals surface area contributed by atoms with Crippen molar-refractivity contribution in [1.82, 2.24) is 0 Å². The third kappa shape index (κ3) is 15.3. The van der Waals surface area contributed by atoms with Gasteiger partial charge in [0, 0.05) is 0 Å². The Balaban J connectivity index is 3.55. The van der Waals surface area contributed by atoms with Gasteiger partial charge in [0.25, 0.3) is 0 Å². The van der Waals surface area contributed by atoms with Gasteiger partial charge in [-0.2, -0.15) is 0 Å². The van der Waals surface area contributed by atoms with Crippen LogP contribution in [0.5, 0.6) is 0 Å². The molecule has 0 bridgehead atoms. The van der Waals surface area contributed by atoms with Gasteiger partial charge in [-0.3, -0.25) is 0 Å². The Morgan fingerprint density at radius 2 is 0.967 bits per heavy atom. The lowest BCUT2D eigenvalue weighted by Gasteiger charge is -2.28. The van der Waals surface area contributed by atoms with Gasteiger partial charge in [0.2, 0.25) is 0 Å². The molecule has 0 saturated carbocycles. The van der Waals surface area contributed by atoms with Crippen molar-refractivity contribution in [3.8, 4) is 0 Å². The maximum Gasteiger partial charge on any atom is 0.111 e. The summed E-state index contributed by atoms with van der Waals surface area (Å²) >= 11 is 0. The van der Waals surface area contributed by atoms with Crippen molar-refractivity contribution < 1.29 is 30.6 Å². The van der Waals surface area contributed by atoms with E-state index in [1.54, 1.807) is 0 Å². The molecule has 0 fully saturated rings. The quantitative estimate of drug-likeness (QED) is 0.122. The van der Waals surface area contributed by atoms with Crippen molar-refractivity contribution in [2.75, 3.05) is 6.61 Å². The minimum absolute atomic E-state index is 0.321. The van der Waals surface area contributed by atoms with Gasteiger partial charge in [-0.15, -0.1) is 0 Å². The highest BCUT2D eigenvalue weighted by molar-refractivity contribution is 4.84. The first-order chi connectivity index (χ1) is 14.5. The van der Waals surface area contributed by atoms with Crippen LogP contribution in [-0.2, 0) is 0 Å². The summed E-state index contributed by atoms with van der Waals surface area (Å²) in [6.07, 6.45) is 13.9. The van der Waals surface area contributed by atoms with Gasteiger partial charge in [-0.05, 0) is 32.1 Å². The van der Waals surface area contributed by atoms with Crippen LogP contribution in [0.1, 0.15) is 103 Å². The fourth-order valence-electron chi connectivity index (χ4n) is 3.54. The lowest BCUT2D eigenvalue weighted by molar-refractivity contribution is -0.141. The molecule has 0 aromatic carbocycles. The summed E-state index contributed by atoms with van der Waals surface area (Å²) in [5.74, 6) is 0. The molecule has 0 aliphatic heterocycles. The second-order valence-electron chi connectivity index (χ2n) is 8.52. The molecule has 6 heteroatoms. The van der Waals surface area contributed by atoms with Gasteiger partial charge < -0.3 is 30.6 Å². The van der Waals surface area contributed by atoms with Crippen molar-refractivity contribution in [2.24, 2.45) is 0 Å². The highest BCUT2D eigenvalue weighted by Gasteiger charge is 2.33. The molecule has 0 rings (SSSR count). The zero-order valence-electron chi connectivity index (χ0n) is 19.0. The van der Waals surface area contributed by atoms with Crippen molar-refractivity contribution in [1.29, 1.82) is 0 Å². The van der Waals surface area contributed by atoms with E-state index in [4.69, 9.17) is 5.11 Å². The van der Waals surface area contributed by atoms with Crippen LogP contribution in [0.4, 0.5) is 0 Å². The smallest absolute Gasteiger partial charge is 0.111 e. The monoisotopic (exact) mass is 432 g/mol. The normalized spacial score (nSPS) is 17.2. The van der Waals surface area contributed by atoms with Gasteiger partial charge in [0.05, 0.1) is 12.7 Å². The van der Waals surface area contributed by atoms with E-state index >= 15 is 0 Å². The molecule has 1 unspecified atom stereocenters. The molecule has 180 valence electrons. The number of rotatable bonds is 21. The third-order valence-electron chi connectivity index (χ3n) is 5.69. The van der Waals surface area contributed by atoms with Crippen molar-refractivity contribution in [2.45, 2.75) is 134 Å². The summed E-state index contributed by atoms with van der Waals surface area (Å²) in [6.45, 7) is 1.52. The maximum atomic E-state index is 9.93. The molecular weight excluding hydrogens is 384 g/mol. The number of aliphatic hydroxyl groups is 6. The topological polar surface area (TPSA) is 121 Å². The van der Waals surface area contributed by atoms with Crippen LogP contribution in [0.15, 0.2) is 12.2 Å². The molecule has 0 amide bonds. The van der Waals surface area contributed by atoms with Crippen molar-refractivity contribution >= 4 is 0 Å². The Morgan fingerprint density at radius 3 is 1.47 bits per heavy atom. The number of hydrogen-bond donors (Lipinski definition) is 6. The molecule has 0 radical (unpaired) electrons. The van der Waals surface area contributed by atoms with Gasteiger partial charge in [-0.1, -0.05) is 83.3 Å². The number of unbranched alkanes of at least 4 members (excludes halogenated alkanes) is 12. The molecule has 6 N–H and O–H groups in total. The predicted molar refractivity (Wildman–Crippen MR) is 121 cm³/mol. The Bertz CT molecular complexity index is 390. The zero-order valence-corrected chi connectivity index (χ0v) is 19.0. The SMILES string of the molecule is CCCCCCCC/C=C\CCCCCCCCC(O)[C@H](O)[C@@H](O)[C@H](O)[C@H](O)CO. The molecule has 0 heterocycles. The predicted octanol–water partition coefficient (Wildman–Crippen LogP) is 3.21. The molecule has 0 aliphatic rings. The molecule has 0 aromatic rings. The third-order valence-corrected chi connectivity index (χ3v) is 5.69. The van der Waals surface area contributed by atoms with Crippen LogP contribution in [0.2, 0.25) is 0 Å². The summed E-state index contributed by atoms with van der Waals surface area (Å²) in [5.41, 5.74) is 0. The fraction of sp³-hybridized carbons (Fsp3) is 0.917. The average Bonchev–Trinajstić information content (AvgIpc) is 2.76. The largest absolute Gasteiger partial charge is 0.394 e. The minimum atomic E-state index is -1.70. The highest BCUT2D eigenvalue weighted by Crippen LogP contribution is 2.15. The molecule has 0 aromatic heterocycles. The molecule has 0 aliphatic carbocycles. The molecule has 30 heavy (non-hydrogen) atoms. The number of hydrogen-bond acceptors (Lipinski definition) is 6. The van der Waals surface area contributed by atoms with Crippen LogP contribution < -0.4 is 0 Å². The molecule has 0 spiro atoms. The molecule has 6 nitrogen and oxygen atoms in total. The first-order valence-electron chi connectivity index (χ1n) is 12.1. The average molecular weight is 433 g/mol. The first-order valence-corrected chi connectivity index (χ1v) is 12.1. The first kappa shape index (κ1) is 29.5. The van der Waals surface area contributed by atoms with E-state index in [2.05, 4.69) is 19.1 Å². The maximum absolute atomic E-state index is 9.93.